The lowest BCUT2D eigenvalue weighted by Gasteiger charge is -2.25. The number of aliphatic hydroxyl groups excluding tert-OH is 1. The Morgan fingerprint density at radius 1 is 0.837 bits per heavy atom. The van der Waals surface area contributed by atoms with Crippen molar-refractivity contribution in [1.29, 1.82) is 0 Å². The predicted molar refractivity (Wildman–Crippen MR) is 161 cm³/mol. The Kier molecular flexibility index (Phi) is 12.0. The van der Waals surface area contributed by atoms with Crippen LogP contribution in [0.2, 0.25) is 0 Å². The minimum atomic E-state index is -1.57. The minimum absolute atomic E-state index is 0.0221. The van der Waals surface area contributed by atoms with Gasteiger partial charge in [-0.15, -0.1) is 0 Å². The number of nitrogens with two attached hydrogens (primary N) is 3. The summed E-state index contributed by atoms with van der Waals surface area (Å²) in [5.41, 5.74) is 19.0. The highest BCUT2D eigenvalue weighted by Gasteiger charge is 2.31. The third-order valence-corrected chi connectivity index (χ3v) is 6.75. The number of aromatic amines is 1. The maximum absolute atomic E-state index is 13.7. The quantitative estimate of drug-likeness (QED) is 0.0551. The van der Waals surface area contributed by atoms with Crippen molar-refractivity contribution in [2.75, 3.05) is 13.2 Å². The maximum atomic E-state index is 13.7. The van der Waals surface area contributed by atoms with Crippen LogP contribution in [0.5, 0.6) is 0 Å². The molecule has 4 atom stereocenters. The van der Waals surface area contributed by atoms with Gasteiger partial charge in [0.05, 0.1) is 12.6 Å². The number of amides is 3. The lowest BCUT2D eigenvalue weighted by atomic mass is 10.0. The van der Waals surface area contributed by atoms with Crippen LogP contribution in [-0.2, 0) is 32.0 Å². The van der Waals surface area contributed by atoms with Gasteiger partial charge < -0.3 is 48.3 Å². The van der Waals surface area contributed by atoms with Crippen molar-refractivity contribution in [3.05, 3.63) is 71.9 Å². The highest BCUT2D eigenvalue weighted by atomic mass is 16.4. The summed E-state index contributed by atoms with van der Waals surface area (Å²) in [4.78, 5) is 58.4. The summed E-state index contributed by atoms with van der Waals surface area (Å²) in [6.07, 6.45) is 2.51. The van der Waals surface area contributed by atoms with Crippen molar-refractivity contribution in [1.82, 2.24) is 20.9 Å². The zero-order valence-electron chi connectivity index (χ0n) is 23.5. The van der Waals surface area contributed by atoms with Gasteiger partial charge in [0.15, 0.2) is 5.96 Å². The Morgan fingerprint density at radius 2 is 1.44 bits per heavy atom. The normalized spacial score (nSPS) is 13.7. The molecule has 43 heavy (non-hydrogen) atoms. The number of aromatic nitrogens is 1. The lowest BCUT2D eigenvalue weighted by molar-refractivity contribution is -0.143. The van der Waals surface area contributed by atoms with Crippen molar-refractivity contribution < 1.29 is 29.4 Å². The molecule has 1 aromatic heterocycles. The van der Waals surface area contributed by atoms with Crippen LogP contribution in [0, 0.1) is 0 Å². The fourth-order valence-corrected chi connectivity index (χ4v) is 4.45. The summed E-state index contributed by atoms with van der Waals surface area (Å²) in [6.45, 7) is -0.558. The van der Waals surface area contributed by atoms with Crippen LogP contribution in [0.3, 0.4) is 0 Å². The van der Waals surface area contributed by atoms with E-state index in [0.29, 0.717) is 12.0 Å². The third kappa shape index (κ3) is 9.83. The fourth-order valence-electron chi connectivity index (χ4n) is 4.45. The average molecular weight is 595 g/mol. The number of aliphatic imine (C=N–C) groups is 1. The van der Waals surface area contributed by atoms with E-state index < -0.39 is 54.5 Å². The molecule has 0 spiro atoms. The molecule has 2 aromatic carbocycles. The zero-order chi connectivity index (χ0) is 31.4. The van der Waals surface area contributed by atoms with E-state index >= 15 is 0 Å². The first-order chi connectivity index (χ1) is 20.6. The van der Waals surface area contributed by atoms with Crippen LogP contribution in [0.1, 0.15) is 24.0 Å². The van der Waals surface area contributed by atoms with Gasteiger partial charge in [0.1, 0.15) is 18.1 Å². The van der Waals surface area contributed by atoms with E-state index in [1.165, 1.54) is 0 Å². The maximum Gasteiger partial charge on any atom is 0.328 e. The molecule has 230 valence electrons. The molecule has 1 heterocycles. The number of rotatable bonds is 16. The van der Waals surface area contributed by atoms with Crippen LogP contribution >= 0.6 is 0 Å². The summed E-state index contributed by atoms with van der Waals surface area (Å²) >= 11 is 0. The van der Waals surface area contributed by atoms with Gasteiger partial charge in [-0.2, -0.15) is 0 Å². The molecule has 0 aliphatic carbocycles. The number of guanidine groups is 1. The van der Waals surface area contributed by atoms with E-state index in [0.717, 1.165) is 16.5 Å². The summed E-state index contributed by atoms with van der Waals surface area (Å²) in [7, 11) is 0. The van der Waals surface area contributed by atoms with Gasteiger partial charge in [-0.25, -0.2) is 4.79 Å². The summed E-state index contributed by atoms with van der Waals surface area (Å²) in [5, 5.41) is 27.2. The highest BCUT2D eigenvalue weighted by molar-refractivity contribution is 5.95. The van der Waals surface area contributed by atoms with E-state index in [2.05, 4.69) is 25.9 Å². The molecule has 14 heteroatoms. The molecule has 14 nitrogen and oxygen atoms in total. The molecular formula is C29H38N8O6. The molecule has 0 saturated carbocycles. The molecule has 12 N–H and O–H groups in total. The SMILES string of the molecule is NC(N)=NCCCC(N)C(=O)NC(Cc1c[nH]c2ccccc12)C(=O)NC(Cc1ccccc1)C(=O)NC(CO)C(=O)O. The minimum Gasteiger partial charge on any atom is -0.480 e. The number of carbonyl (C=O) groups is 4. The van der Waals surface area contributed by atoms with Crippen molar-refractivity contribution in [2.24, 2.45) is 22.2 Å². The number of carboxylic acids is 1. The van der Waals surface area contributed by atoms with Gasteiger partial charge in [0, 0.05) is 36.5 Å². The van der Waals surface area contributed by atoms with E-state index in [1.807, 2.05) is 24.3 Å². The number of carbonyl (C=O) groups excluding carboxylic acids is 3. The van der Waals surface area contributed by atoms with E-state index in [1.54, 1.807) is 36.5 Å². The Bertz CT molecular complexity index is 1420. The standard InChI is InChI=1S/C29H38N8O6/c30-20(10-6-12-33-29(31)32)25(39)35-23(14-18-15-34-21-11-5-4-9-19(18)21)27(41)36-22(13-17-7-2-1-3-8-17)26(40)37-24(16-38)28(42)43/h1-5,7-9,11,15,20,22-24,34,38H,6,10,12-14,16,30H2,(H,35,39)(H,36,41)(H,37,40)(H,42,43)(H4,31,32,33). The third-order valence-electron chi connectivity index (χ3n) is 6.75. The van der Waals surface area contributed by atoms with Crippen molar-refractivity contribution in [2.45, 2.75) is 49.9 Å². The van der Waals surface area contributed by atoms with Crippen molar-refractivity contribution >= 4 is 40.6 Å². The number of hydrogen-bond donors (Lipinski definition) is 9. The number of aliphatic carboxylic acids is 1. The van der Waals surface area contributed by atoms with Crippen molar-refractivity contribution in [3.63, 3.8) is 0 Å². The molecule has 0 bridgehead atoms. The number of H-pyrrole nitrogens is 1. The molecule has 3 rings (SSSR count). The molecular weight excluding hydrogens is 556 g/mol. The van der Waals surface area contributed by atoms with Gasteiger partial charge in [-0.1, -0.05) is 48.5 Å². The summed E-state index contributed by atoms with van der Waals surface area (Å²) < 4.78 is 0. The Hall–Kier alpha value is -4.95. The lowest BCUT2D eigenvalue weighted by Crippen LogP contribution is -2.58. The number of hydrogen-bond acceptors (Lipinski definition) is 7. The Balaban J connectivity index is 1.84. The second-order valence-corrected chi connectivity index (χ2v) is 10.0. The van der Waals surface area contributed by atoms with Crippen LogP contribution in [0.15, 0.2) is 65.8 Å². The predicted octanol–water partition coefficient (Wildman–Crippen LogP) is -1.13. The monoisotopic (exact) mass is 594 g/mol. The highest BCUT2D eigenvalue weighted by Crippen LogP contribution is 2.19. The van der Waals surface area contributed by atoms with Crippen LogP contribution in [0.4, 0.5) is 0 Å². The number of para-hydroxylation sites is 1. The Labute approximate surface area is 248 Å². The van der Waals surface area contributed by atoms with E-state index in [9.17, 15) is 29.4 Å². The van der Waals surface area contributed by atoms with Gasteiger partial charge >= 0.3 is 5.97 Å². The molecule has 4 unspecified atom stereocenters. The first kappa shape index (κ1) is 32.6. The zero-order valence-corrected chi connectivity index (χ0v) is 23.5. The van der Waals surface area contributed by atoms with Crippen molar-refractivity contribution in [3.8, 4) is 0 Å². The van der Waals surface area contributed by atoms with Crippen LogP contribution in [-0.4, -0.2) is 82.2 Å². The first-order valence-corrected chi connectivity index (χ1v) is 13.7. The Morgan fingerprint density at radius 3 is 2.09 bits per heavy atom. The topological polar surface area (TPSA) is 251 Å². The number of fused-ring (bicyclic) bond motifs is 1. The molecule has 0 saturated heterocycles. The fraction of sp³-hybridized carbons (Fsp3) is 0.345. The van der Waals surface area contributed by atoms with Gasteiger partial charge in [0.2, 0.25) is 17.7 Å². The number of nitrogens with one attached hydrogen (secondary N) is 4. The largest absolute Gasteiger partial charge is 0.480 e. The number of carboxylic acid groups (broad SMARTS) is 1. The molecule has 0 aliphatic rings. The smallest absolute Gasteiger partial charge is 0.328 e. The van der Waals surface area contributed by atoms with Gasteiger partial charge in [-0.05, 0) is 30.0 Å². The van der Waals surface area contributed by atoms with Crippen LogP contribution < -0.4 is 33.2 Å². The first-order valence-electron chi connectivity index (χ1n) is 13.7. The molecule has 0 fully saturated rings. The van der Waals surface area contributed by atoms with Gasteiger partial charge in [0.25, 0.3) is 0 Å². The molecule has 3 amide bonds. The van der Waals surface area contributed by atoms with Gasteiger partial charge in [-0.3, -0.25) is 19.4 Å². The average Bonchev–Trinajstić information content (AvgIpc) is 3.40. The van der Waals surface area contributed by atoms with E-state index in [4.69, 9.17) is 17.2 Å². The molecule has 0 radical (unpaired) electrons. The van der Waals surface area contributed by atoms with E-state index in [-0.39, 0.29) is 31.8 Å². The number of nitrogens with zero attached hydrogens (tertiary/aromatic N) is 1. The molecule has 0 aliphatic heterocycles. The summed E-state index contributed by atoms with van der Waals surface area (Å²) in [6, 6.07) is 11.4. The molecule has 3 aromatic rings. The second-order valence-electron chi connectivity index (χ2n) is 10.0. The number of aliphatic hydroxyl groups is 1. The summed E-state index contributed by atoms with van der Waals surface area (Å²) in [5.74, 6) is -3.58. The number of benzene rings is 2. The van der Waals surface area contributed by atoms with Crippen LogP contribution in [0.25, 0.3) is 10.9 Å². The second kappa shape index (κ2) is 15.9.